The number of rotatable bonds is 17. The van der Waals surface area contributed by atoms with Gasteiger partial charge in [-0.3, -0.25) is 4.79 Å². The zero-order valence-electron chi connectivity index (χ0n) is 18.4. The third kappa shape index (κ3) is 9.74. The minimum absolute atomic E-state index is 0.0613. The molecule has 178 valence electrons. The van der Waals surface area contributed by atoms with E-state index in [1.54, 1.807) is 0 Å². The summed E-state index contributed by atoms with van der Waals surface area (Å²) in [4.78, 5) is 33.1. The van der Waals surface area contributed by atoms with Crippen molar-refractivity contribution in [3.05, 3.63) is 60.2 Å². The molecule has 2 rings (SSSR count). The third-order valence-electron chi connectivity index (χ3n) is 4.97. The van der Waals surface area contributed by atoms with Crippen molar-refractivity contribution < 1.29 is 38.8 Å². The molecule has 0 aliphatic heterocycles. The minimum atomic E-state index is -1.27. The van der Waals surface area contributed by atoms with Gasteiger partial charge in [0.2, 0.25) is 0 Å². The van der Waals surface area contributed by atoms with E-state index < -0.39 is 24.0 Å². The quantitative estimate of drug-likeness (QED) is 0.210. The molecule has 8 heteroatoms. The first kappa shape index (κ1) is 25.9. The summed E-state index contributed by atoms with van der Waals surface area (Å²) in [5, 5.41) is 18.2. The van der Waals surface area contributed by atoms with Crippen molar-refractivity contribution in [2.45, 2.75) is 38.2 Å². The van der Waals surface area contributed by atoms with E-state index in [0.29, 0.717) is 31.7 Å². The maximum Gasteiger partial charge on any atom is 0.332 e. The molecule has 2 atom stereocenters. The number of hydrogen-bond donors (Lipinski definition) is 2. The Bertz CT molecular complexity index is 868. The lowest BCUT2D eigenvalue weighted by Crippen LogP contribution is -2.27. The van der Waals surface area contributed by atoms with E-state index in [-0.39, 0.29) is 19.4 Å². The van der Waals surface area contributed by atoms with Crippen molar-refractivity contribution in [2.75, 3.05) is 19.8 Å². The molecule has 2 unspecified atom stereocenters. The van der Waals surface area contributed by atoms with Crippen LogP contribution in [0.1, 0.15) is 31.2 Å². The normalized spacial score (nSPS) is 12.5. The van der Waals surface area contributed by atoms with Gasteiger partial charge in [0.15, 0.2) is 6.10 Å². The third-order valence-corrected chi connectivity index (χ3v) is 4.97. The minimum Gasteiger partial charge on any atom is -0.494 e. The molecule has 33 heavy (non-hydrogen) atoms. The number of unbranched alkanes of at least 4 members (excludes halogenated alkanes) is 1. The number of benzene rings is 2. The van der Waals surface area contributed by atoms with Crippen LogP contribution >= 0.6 is 0 Å². The van der Waals surface area contributed by atoms with Crippen LogP contribution in [0.4, 0.5) is 0 Å². The number of aliphatic carboxylic acids is 2. The summed E-state index contributed by atoms with van der Waals surface area (Å²) in [6.07, 6.45) is 1.08. The molecule has 0 fully saturated rings. The van der Waals surface area contributed by atoms with E-state index in [0.717, 1.165) is 24.2 Å². The fraction of sp³-hybridized carbons (Fsp3) is 0.400. The summed E-state index contributed by atoms with van der Waals surface area (Å²) in [6.45, 7) is 1.25. The Morgan fingerprint density at radius 3 is 2.15 bits per heavy atom. The number of carboxylic acid groups (broad SMARTS) is 2. The van der Waals surface area contributed by atoms with Gasteiger partial charge in [0.05, 0.1) is 19.8 Å². The molecule has 2 N–H and O–H groups in total. The van der Waals surface area contributed by atoms with Crippen LogP contribution in [-0.4, -0.2) is 54.4 Å². The van der Waals surface area contributed by atoms with Crippen molar-refractivity contribution >= 4 is 18.2 Å². The van der Waals surface area contributed by atoms with Crippen LogP contribution in [0.25, 0.3) is 0 Å². The van der Waals surface area contributed by atoms with E-state index in [9.17, 15) is 19.5 Å². The first-order chi connectivity index (χ1) is 16.0. The van der Waals surface area contributed by atoms with E-state index in [4.69, 9.17) is 19.3 Å². The molecule has 0 spiro atoms. The lowest BCUT2D eigenvalue weighted by molar-refractivity contribution is -0.152. The van der Waals surface area contributed by atoms with Crippen LogP contribution in [0.2, 0.25) is 0 Å². The summed E-state index contributed by atoms with van der Waals surface area (Å²) in [7, 11) is 0. The van der Waals surface area contributed by atoms with Gasteiger partial charge in [-0.15, -0.1) is 0 Å². The summed E-state index contributed by atoms with van der Waals surface area (Å²) < 4.78 is 17.0. The summed E-state index contributed by atoms with van der Waals surface area (Å²) >= 11 is 0. The van der Waals surface area contributed by atoms with Crippen molar-refractivity contribution in [3.63, 3.8) is 0 Å². The van der Waals surface area contributed by atoms with Gasteiger partial charge < -0.3 is 29.2 Å². The second-order valence-corrected chi connectivity index (χ2v) is 7.43. The fourth-order valence-corrected chi connectivity index (χ4v) is 3.11. The van der Waals surface area contributed by atoms with Gasteiger partial charge in [-0.25, -0.2) is 4.79 Å². The molecule has 2 aromatic rings. The summed E-state index contributed by atoms with van der Waals surface area (Å²) in [6, 6.07) is 17.1. The Morgan fingerprint density at radius 2 is 1.48 bits per heavy atom. The molecule has 0 aliphatic carbocycles. The highest BCUT2D eigenvalue weighted by molar-refractivity contribution is 5.86. The standard InChI is InChI=1S/C25H30O8/c26-18-20(24(27)28)12-13-23(25(29)30)33-17-14-19-8-4-5-11-22(19)32-16-7-6-15-31-21-9-2-1-3-10-21/h1-5,8-11,18,20,23H,6-7,12-17H2,(H,27,28)(H,29,30). The molecule has 0 heterocycles. The number of aldehydes is 1. The highest BCUT2D eigenvalue weighted by Crippen LogP contribution is 2.20. The number of carbonyl (C=O) groups is 3. The lowest BCUT2D eigenvalue weighted by Gasteiger charge is -2.16. The Kier molecular flexibility index (Phi) is 11.5. The molecule has 0 aliphatic rings. The van der Waals surface area contributed by atoms with Gasteiger partial charge in [0.25, 0.3) is 0 Å². The number of para-hydroxylation sites is 2. The predicted octanol–water partition coefficient (Wildman–Crippen LogP) is 3.62. The van der Waals surface area contributed by atoms with Crippen molar-refractivity contribution in [1.82, 2.24) is 0 Å². The van der Waals surface area contributed by atoms with Crippen molar-refractivity contribution in [1.29, 1.82) is 0 Å². The Balaban J connectivity index is 1.73. The number of hydrogen-bond acceptors (Lipinski definition) is 6. The smallest absolute Gasteiger partial charge is 0.332 e. The Labute approximate surface area is 193 Å². The molecule has 0 amide bonds. The van der Waals surface area contributed by atoms with Crippen LogP contribution in [-0.2, 0) is 25.5 Å². The molecule has 8 nitrogen and oxygen atoms in total. The zero-order chi connectivity index (χ0) is 23.9. The Morgan fingerprint density at radius 1 is 0.818 bits per heavy atom. The first-order valence-corrected chi connectivity index (χ1v) is 10.9. The number of ether oxygens (including phenoxy) is 3. The molecule has 0 saturated carbocycles. The molecule has 0 bridgehead atoms. The molecular formula is C25H30O8. The van der Waals surface area contributed by atoms with Gasteiger partial charge in [0, 0.05) is 0 Å². The fourth-order valence-electron chi connectivity index (χ4n) is 3.11. The summed E-state index contributed by atoms with van der Waals surface area (Å²) in [5.74, 6) is -2.14. The molecule has 2 aromatic carbocycles. The van der Waals surface area contributed by atoms with Gasteiger partial charge in [0.1, 0.15) is 23.7 Å². The highest BCUT2D eigenvalue weighted by Gasteiger charge is 2.23. The van der Waals surface area contributed by atoms with Crippen LogP contribution in [0.15, 0.2) is 54.6 Å². The second kappa shape index (κ2) is 14.6. The highest BCUT2D eigenvalue weighted by atomic mass is 16.5. The van der Waals surface area contributed by atoms with Gasteiger partial charge in [-0.05, 0) is 55.9 Å². The number of carboxylic acids is 2. The monoisotopic (exact) mass is 458 g/mol. The first-order valence-electron chi connectivity index (χ1n) is 10.9. The van der Waals surface area contributed by atoms with Crippen molar-refractivity contribution in [2.24, 2.45) is 5.92 Å². The average molecular weight is 459 g/mol. The Hall–Kier alpha value is -3.39. The zero-order valence-corrected chi connectivity index (χ0v) is 18.4. The molecule has 0 saturated heterocycles. The summed E-state index contributed by atoms with van der Waals surface area (Å²) in [5.41, 5.74) is 0.887. The van der Waals surface area contributed by atoms with E-state index >= 15 is 0 Å². The van der Waals surface area contributed by atoms with Gasteiger partial charge in [-0.1, -0.05) is 36.4 Å². The second-order valence-electron chi connectivity index (χ2n) is 7.43. The van der Waals surface area contributed by atoms with Crippen LogP contribution in [0.3, 0.4) is 0 Å². The maximum atomic E-state index is 11.4. The molecule has 0 aromatic heterocycles. The van der Waals surface area contributed by atoms with Crippen LogP contribution in [0.5, 0.6) is 11.5 Å². The SMILES string of the molecule is O=CC(CCC(OCCc1ccccc1OCCCCOc1ccccc1)C(=O)O)C(=O)O. The molecule has 0 radical (unpaired) electrons. The number of carbonyl (C=O) groups excluding carboxylic acids is 1. The predicted molar refractivity (Wildman–Crippen MR) is 121 cm³/mol. The lowest BCUT2D eigenvalue weighted by atomic mass is 10.0. The van der Waals surface area contributed by atoms with Crippen LogP contribution in [0, 0.1) is 5.92 Å². The van der Waals surface area contributed by atoms with Gasteiger partial charge in [-0.2, -0.15) is 0 Å². The van der Waals surface area contributed by atoms with Crippen LogP contribution < -0.4 is 9.47 Å². The van der Waals surface area contributed by atoms with E-state index in [1.165, 1.54) is 0 Å². The van der Waals surface area contributed by atoms with E-state index in [2.05, 4.69) is 0 Å². The largest absolute Gasteiger partial charge is 0.494 e. The molecular weight excluding hydrogens is 428 g/mol. The average Bonchev–Trinajstić information content (AvgIpc) is 2.81. The maximum absolute atomic E-state index is 11.4. The van der Waals surface area contributed by atoms with Crippen molar-refractivity contribution in [3.8, 4) is 11.5 Å². The topological polar surface area (TPSA) is 119 Å². The van der Waals surface area contributed by atoms with E-state index in [1.807, 2.05) is 54.6 Å². The van der Waals surface area contributed by atoms with Gasteiger partial charge >= 0.3 is 11.9 Å².